The third-order valence-electron chi connectivity index (χ3n) is 3.16. The Morgan fingerprint density at radius 1 is 1.36 bits per heavy atom. The van der Waals surface area contributed by atoms with Crippen LogP contribution >= 0.6 is 12.6 Å². The smallest absolute Gasteiger partial charge is 0.411 e. The molecule has 0 saturated carbocycles. The van der Waals surface area contributed by atoms with E-state index in [2.05, 4.69) is 22.9 Å². The number of amides is 2. The van der Waals surface area contributed by atoms with E-state index in [1.54, 1.807) is 45.3 Å². The molecule has 0 radical (unpaired) electrons. The summed E-state index contributed by atoms with van der Waals surface area (Å²) in [6.45, 7) is 5.79. The largest absolute Gasteiger partial charge is 0.444 e. The molecular formula is C15H21N3O3S. The van der Waals surface area contributed by atoms with Gasteiger partial charge in [-0.05, 0) is 39.3 Å². The van der Waals surface area contributed by atoms with Crippen molar-refractivity contribution in [3.63, 3.8) is 0 Å². The summed E-state index contributed by atoms with van der Waals surface area (Å²) in [6, 6.07) is 2.82. The molecule has 0 aliphatic carbocycles. The fourth-order valence-corrected chi connectivity index (χ4v) is 2.62. The molecule has 0 unspecified atom stereocenters. The van der Waals surface area contributed by atoms with Gasteiger partial charge in [0.1, 0.15) is 11.6 Å². The van der Waals surface area contributed by atoms with Gasteiger partial charge in [-0.25, -0.2) is 4.79 Å². The maximum absolute atomic E-state index is 12.4. The van der Waals surface area contributed by atoms with Crippen LogP contribution in [0.25, 0.3) is 0 Å². The predicted octanol–water partition coefficient (Wildman–Crippen LogP) is 2.33. The first-order chi connectivity index (χ1) is 10.3. The average molecular weight is 323 g/mol. The second kappa shape index (κ2) is 6.56. The molecule has 2 heterocycles. The SMILES string of the molecule is CC(C)(C)OC(=O)N1C[C@@H](S)C[C@H]1C(=O)Nc1ccncc1. The van der Waals surface area contributed by atoms with Crippen molar-refractivity contribution in [2.24, 2.45) is 0 Å². The minimum Gasteiger partial charge on any atom is -0.444 e. The van der Waals surface area contributed by atoms with E-state index in [1.807, 2.05) is 0 Å². The number of hydrogen-bond donors (Lipinski definition) is 2. The van der Waals surface area contributed by atoms with Crippen LogP contribution in [0.5, 0.6) is 0 Å². The molecule has 120 valence electrons. The number of nitrogens with one attached hydrogen (secondary N) is 1. The van der Waals surface area contributed by atoms with Gasteiger partial charge in [-0.15, -0.1) is 0 Å². The van der Waals surface area contributed by atoms with Crippen molar-refractivity contribution in [2.75, 3.05) is 11.9 Å². The molecule has 1 aliphatic rings. The van der Waals surface area contributed by atoms with E-state index in [-0.39, 0.29) is 11.2 Å². The van der Waals surface area contributed by atoms with Crippen LogP contribution in [0.1, 0.15) is 27.2 Å². The van der Waals surface area contributed by atoms with Crippen molar-refractivity contribution in [3.8, 4) is 0 Å². The zero-order chi connectivity index (χ0) is 16.3. The Kier molecular flexibility index (Phi) is 4.95. The second-order valence-corrected chi connectivity index (χ2v) is 6.99. The molecule has 6 nitrogen and oxygen atoms in total. The number of ether oxygens (including phenoxy) is 1. The molecule has 22 heavy (non-hydrogen) atoms. The lowest BCUT2D eigenvalue weighted by Gasteiger charge is -2.28. The standard InChI is InChI=1S/C15H21N3O3S/c1-15(2,3)21-14(20)18-9-11(22)8-12(18)13(19)17-10-4-6-16-7-5-10/h4-7,11-12,22H,8-9H2,1-3H3,(H,16,17,19)/t11-,12-/m0/s1. The van der Waals surface area contributed by atoms with Gasteiger partial charge in [-0.2, -0.15) is 12.6 Å². The topological polar surface area (TPSA) is 71.5 Å². The Bertz CT molecular complexity index is 545. The molecule has 1 aliphatic heterocycles. The number of nitrogens with zero attached hydrogens (tertiary/aromatic N) is 2. The van der Waals surface area contributed by atoms with Crippen molar-refractivity contribution < 1.29 is 14.3 Å². The molecule has 1 aromatic heterocycles. The third-order valence-corrected chi connectivity index (χ3v) is 3.53. The zero-order valence-corrected chi connectivity index (χ0v) is 13.8. The van der Waals surface area contributed by atoms with Crippen molar-refractivity contribution in [3.05, 3.63) is 24.5 Å². The summed E-state index contributed by atoms with van der Waals surface area (Å²) >= 11 is 4.40. The minimum atomic E-state index is -0.599. The van der Waals surface area contributed by atoms with E-state index in [0.717, 1.165) is 0 Å². The second-order valence-electron chi connectivity index (χ2n) is 6.26. The summed E-state index contributed by atoms with van der Waals surface area (Å²) in [5.74, 6) is -0.242. The van der Waals surface area contributed by atoms with Crippen LogP contribution in [0.2, 0.25) is 0 Å². The van der Waals surface area contributed by atoms with E-state index in [0.29, 0.717) is 18.7 Å². The predicted molar refractivity (Wildman–Crippen MR) is 87.0 cm³/mol. The number of carbonyl (C=O) groups excluding carboxylic acids is 2. The van der Waals surface area contributed by atoms with Gasteiger partial charge in [0.05, 0.1) is 0 Å². The van der Waals surface area contributed by atoms with E-state index < -0.39 is 17.7 Å². The van der Waals surface area contributed by atoms with Crippen LogP contribution in [-0.4, -0.2) is 45.3 Å². The molecule has 2 atom stereocenters. The number of thiol groups is 1. The third kappa shape index (κ3) is 4.37. The lowest BCUT2D eigenvalue weighted by atomic mass is 10.2. The van der Waals surface area contributed by atoms with Crippen LogP contribution in [0.15, 0.2) is 24.5 Å². The van der Waals surface area contributed by atoms with Gasteiger partial charge in [-0.3, -0.25) is 14.7 Å². The number of pyridine rings is 1. The summed E-state index contributed by atoms with van der Waals surface area (Å²) < 4.78 is 5.36. The number of carbonyl (C=O) groups is 2. The Hall–Kier alpha value is -1.76. The maximum atomic E-state index is 12.4. The number of likely N-dealkylation sites (tertiary alicyclic amines) is 1. The number of rotatable bonds is 2. The average Bonchev–Trinajstić information content (AvgIpc) is 2.80. The highest BCUT2D eigenvalue weighted by Gasteiger charge is 2.40. The Morgan fingerprint density at radius 2 is 2.00 bits per heavy atom. The molecule has 2 rings (SSSR count). The highest BCUT2D eigenvalue weighted by molar-refractivity contribution is 7.81. The molecule has 7 heteroatoms. The lowest BCUT2D eigenvalue weighted by Crippen LogP contribution is -2.45. The highest BCUT2D eigenvalue weighted by atomic mass is 32.1. The molecule has 1 fully saturated rings. The molecule has 0 aromatic carbocycles. The summed E-state index contributed by atoms with van der Waals surface area (Å²) in [5, 5.41) is 2.75. The van der Waals surface area contributed by atoms with Crippen LogP contribution in [0.4, 0.5) is 10.5 Å². The van der Waals surface area contributed by atoms with Crippen molar-refractivity contribution in [1.82, 2.24) is 9.88 Å². The Morgan fingerprint density at radius 3 is 2.59 bits per heavy atom. The monoisotopic (exact) mass is 323 g/mol. The van der Waals surface area contributed by atoms with Crippen molar-refractivity contribution in [2.45, 2.75) is 44.1 Å². The van der Waals surface area contributed by atoms with Gasteiger partial charge in [0, 0.05) is 29.9 Å². The van der Waals surface area contributed by atoms with Crippen molar-refractivity contribution >= 4 is 30.3 Å². The number of aromatic nitrogens is 1. The summed E-state index contributed by atoms with van der Waals surface area (Å²) in [4.78, 5) is 30.0. The fourth-order valence-electron chi connectivity index (χ4n) is 2.25. The van der Waals surface area contributed by atoms with Gasteiger partial charge < -0.3 is 10.1 Å². The fraction of sp³-hybridized carbons (Fsp3) is 0.533. The quantitative estimate of drug-likeness (QED) is 0.820. The summed E-state index contributed by atoms with van der Waals surface area (Å²) in [7, 11) is 0. The molecule has 1 aromatic rings. The normalized spacial score (nSPS) is 21.5. The molecule has 0 bridgehead atoms. The van der Waals surface area contributed by atoms with E-state index in [9.17, 15) is 9.59 Å². The molecule has 1 saturated heterocycles. The van der Waals surface area contributed by atoms with Gasteiger partial charge in [-0.1, -0.05) is 0 Å². The molecule has 1 N–H and O–H groups in total. The van der Waals surface area contributed by atoms with Crippen LogP contribution < -0.4 is 5.32 Å². The first-order valence-corrected chi connectivity index (χ1v) is 7.66. The molecule has 2 amide bonds. The van der Waals surface area contributed by atoms with Gasteiger partial charge in [0.2, 0.25) is 5.91 Å². The van der Waals surface area contributed by atoms with Crippen LogP contribution in [0.3, 0.4) is 0 Å². The van der Waals surface area contributed by atoms with Gasteiger partial charge >= 0.3 is 6.09 Å². The van der Waals surface area contributed by atoms with E-state index in [1.165, 1.54) is 4.90 Å². The van der Waals surface area contributed by atoms with Crippen LogP contribution in [0, 0.1) is 0 Å². The zero-order valence-electron chi connectivity index (χ0n) is 12.9. The maximum Gasteiger partial charge on any atom is 0.411 e. The van der Waals surface area contributed by atoms with E-state index in [4.69, 9.17) is 4.74 Å². The van der Waals surface area contributed by atoms with Crippen LogP contribution in [-0.2, 0) is 9.53 Å². The minimum absolute atomic E-state index is 0.0410. The first-order valence-electron chi connectivity index (χ1n) is 7.15. The Balaban J connectivity index is 2.07. The van der Waals surface area contributed by atoms with Gasteiger partial charge in [0.15, 0.2) is 0 Å². The van der Waals surface area contributed by atoms with Crippen molar-refractivity contribution in [1.29, 1.82) is 0 Å². The lowest BCUT2D eigenvalue weighted by molar-refractivity contribution is -0.120. The number of hydrogen-bond acceptors (Lipinski definition) is 5. The Labute approximate surface area is 135 Å². The molecule has 0 spiro atoms. The summed E-state index contributed by atoms with van der Waals surface area (Å²) in [5.41, 5.74) is 0.0458. The van der Waals surface area contributed by atoms with Gasteiger partial charge in [0.25, 0.3) is 0 Å². The summed E-state index contributed by atoms with van der Waals surface area (Å²) in [6.07, 6.45) is 3.20. The first kappa shape index (κ1) is 16.6. The highest BCUT2D eigenvalue weighted by Crippen LogP contribution is 2.25. The molecular weight excluding hydrogens is 302 g/mol. The number of anilines is 1. The van der Waals surface area contributed by atoms with E-state index >= 15 is 0 Å².